The molecule has 1 amide bonds. The topological polar surface area (TPSA) is 101 Å². The molecule has 2 rings (SSSR count). The van der Waals surface area contributed by atoms with Crippen LogP contribution in [-0.4, -0.2) is 21.8 Å². The van der Waals surface area contributed by atoms with Gasteiger partial charge in [0.1, 0.15) is 17.2 Å². The molecule has 0 aliphatic heterocycles. The number of nitrogens with one attached hydrogen (secondary N) is 2. The fourth-order valence-electron chi connectivity index (χ4n) is 1.77. The van der Waals surface area contributed by atoms with E-state index in [-0.39, 0.29) is 17.3 Å². The van der Waals surface area contributed by atoms with E-state index in [1.54, 1.807) is 19.1 Å². The number of H-pyrrole nitrogens is 1. The standard InChI is InChI=1S/C13H13N3O4/c1-6-11(20-8(3)18)9-4-5-10(14-7(2)17)15-12(9)16-13(6)19/h4-5H,1-3H3,(H2,14,15,16,17,19). The SMILES string of the molecule is CC(=O)Nc1ccc2c(OC(C)=O)c(C)c(=O)[nH]c2n1. The molecule has 0 fully saturated rings. The van der Waals surface area contributed by atoms with Gasteiger partial charge in [0.25, 0.3) is 5.56 Å². The van der Waals surface area contributed by atoms with E-state index in [9.17, 15) is 14.4 Å². The number of aromatic amines is 1. The third-order valence-electron chi connectivity index (χ3n) is 2.60. The van der Waals surface area contributed by atoms with Crippen molar-refractivity contribution in [1.82, 2.24) is 9.97 Å². The van der Waals surface area contributed by atoms with Gasteiger partial charge in [0.05, 0.1) is 10.9 Å². The number of pyridine rings is 2. The summed E-state index contributed by atoms with van der Waals surface area (Å²) >= 11 is 0. The fourth-order valence-corrected chi connectivity index (χ4v) is 1.77. The summed E-state index contributed by atoms with van der Waals surface area (Å²) in [6.45, 7) is 4.16. The number of hydrogen-bond acceptors (Lipinski definition) is 5. The highest BCUT2D eigenvalue weighted by atomic mass is 16.5. The van der Waals surface area contributed by atoms with Gasteiger partial charge >= 0.3 is 5.97 Å². The molecule has 2 heterocycles. The minimum atomic E-state index is -0.522. The van der Waals surface area contributed by atoms with Crippen molar-refractivity contribution in [2.24, 2.45) is 0 Å². The van der Waals surface area contributed by atoms with Gasteiger partial charge in [0.2, 0.25) is 5.91 Å². The second-order valence-corrected chi connectivity index (χ2v) is 4.28. The van der Waals surface area contributed by atoms with E-state index in [2.05, 4.69) is 15.3 Å². The number of amides is 1. The average Bonchev–Trinajstić information content (AvgIpc) is 2.33. The Morgan fingerprint density at radius 1 is 1.30 bits per heavy atom. The van der Waals surface area contributed by atoms with Crippen LogP contribution < -0.4 is 15.6 Å². The van der Waals surface area contributed by atoms with Crippen LogP contribution in [-0.2, 0) is 9.59 Å². The van der Waals surface area contributed by atoms with Crippen LogP contribution in [0, 0.1) is 6.92 Å². The van der Waals surface area contributed by atoms with Crippen LogP contribution in [0.1, 0.15) is 19.4 Å². The maximum absolute atomic E-state index is 11.8. The Kier molecular flexibility index (Phi) is 3.51. The monoisotopic (exact) mass is 275 g/mol. The van der Waals surface area contributed by atoms with Crippen LogP contribution in [0.5, 0.6) is 5.75 Å². The van der Waals surface area contributed by atoms with Crippen LogP contribution in [0.3, 0.4) is 0 Å². The summed E-state index contributed by atoms with van der Waals surface area (Å²) < 4.78 is 5.07. The normalized spacial score (nSPS) is 10.3. The maximum Gasteiger partial charge on any atom is 0.308 e. The van der Waals surface area contributed by atoms with Gasteiger partial charge in [0.15, 0.2) is 0 Å². The minimum Gasteiger partial charge on any atom is -0.425 e. The van der Waals surface area contributed by atoms with Crippen molar-refractivity contribution >= 4 is 28.7 Å². The van der Waals surface area contributed by atoms with E-state index < -0.39 is 11.5 Å². The number of hydrogen-bond donors (Lipinski definition) is 2. The lowest BCUT2D eigenvalue weighted by Crippen LogP contribution is -2.15. The molecule has 0 aliphatic carbocycles. The lowest BCUT2D eigenvalue weighted by Gasteiger charge is -2.09. The van der Waals surface area contributed by atoms with Gasteiger partial charge in [-0.1, -0.05) is 0 Å². The van der Waals surface area contributed by atoms with Crippen molar-refractivity contribution in [3.05, 3.63) is 28.0 Å². The lowest BCUT2D eigenvalue weighted by atomic mass is 10.2. The number of esters is 1. The maximum atomic E-state index is 11.8. The number of fused-ring (bicyclic) bond motifs is 1. The molecule has 104 valence electrons. The van der Waals surface area contributed by atoms with Gasteiger partial charge in [0, 0.05) is 13.8 Å². The van der Waals surface area contributed by atoms with Gasteiger partial charge < -0.3 is 15.0 Å². The van der Waals surface area contributed by atoms with Crippen molar-refractivity contribution in [3.8, 4) is 5.75 Å². The molecule has 20 heavy (non-hydrogen) atoms. The van der Waals surface area contributed by atoms with Gasteiger partial charge in [-0.05, 0) is 19.1 Å². The van der Waals surface area contributed by atoms with Gasteiger partial charge in [-0.25, -0.2) is 4.98 Å². The Bertz CT molecular complexity index is 764. The zero-order valence-electron chi connectivity index (χ0n) is 11.2. The summed E-state index contributed by atoms with van der Waals surface area (Å²) in [5.41, 5.74) is 0.131. The first kappa shape index (κ1) is 13.7. The average molecular weight is 275 g/mol. The zero-order valence-corrected chi connectivity index (χ0v) is 11.2. The van der Waals surface area contributed by atoms with E-state index in [0.717, 1.165) is 0 Å². The van der Waals surface area contributed by atoms with Crippen LogP contribution in [0.2, 0.25) is 0 Å². The summed E-state index contributed by atoms with van der Waals surface area (Å²) in [5, 5.41) is 3.00. The van der Waals surface area contributed by atoms with E-state index in [1.165, 1.54) is 13.8 Å². The predicted octanol–water partition coefficient (Wildman–Crippen LogP) is 1.12. The Morgan fingerprint density at radius 3 is 2.60 bits per heavy atom. The van der Waals surface area contributed by atoms with Crippen molar-refractivity contribution in [2.75, 3.05) is 5.32 Å². The first-order valence-electron chi connectivity index (χ1n) is 5.88. The van der Waals surface area contributed by atoms with Crippen molar-refractivity contribution in [1.29, 1.82) is 0 Å². The van der Waals surface area contributed by atoms with Crippen molar-refractivity contribution < 1.29 is 14.3 Å². The van der Waals surface area contributed by atoms with E-state index in [0.29, 0.717) is 16.8 Å². The van der Waals surface area contributed by atoms with Crippen LogP contribution >= 0.6 is 0 Å². The Labute approximate surface area is 114 Å². The molecule has 0 spiro atoms. The lowest BCUT2D eigenvalue weighted by molar-refractivity contribution is -0.131. The summed E-state index contributed by atoms with van der Waals surface area (Å²) in [7, 11) is 0. The first-order chi connectivity index (χ1) is 9.38. The third kappa shape index (κ3) is 2.66. The highest BCUT2D eigenvalue weighted by Crippen LogP contribution is 2.26. The quantitative estimate of drug-likeness (QED) is 0.799. The van der Waals surface area contributed by atoms with E-state index in [1.807, 2.05) is 0 Å². The summed E-state index contributed by atoms with van der Waals surface area (Å²) in [4.78, 5) is 40.6. The molecule has 0 unspecified atom stereocenters. The number of aromatic nitrogens is 2. The fraction of sp³-hybridized carbons (Fsp3) is 0.231. The molecule has 0 aliphatic rings. The van der Waals surface area contributed by atoms with Gasteiger partial charge in [-0.3, -0.25) is 14.4 Å². The van der Waals surface area contributed by atoms with E-state index in [4.69, 9.17) is 4.74 Å². The van der Waals surface area contributed by atoms with Crippen LogP contribution in [0.4, 0.5) is 5.82 Å². The highest BCUT2D eigenvalue weighted by molar-refractivity contribution is 5.91. The molecule has 0 atom stereocenters. The largest absolute Gasteiger partial charge is 0.425 e. The molecule has 2 N–H and O–H groups in total. The van der Waals surface area contributed by atoms with Gasteiger partial charge in [-0.2, -0.15) is 0 Å². The highest BCUT2D eigenvalue weighted by Gasteiger charge is 2.14. The molecule has 0 radical (unpaired) electrons. The number of carbonyl (C=O) groups is 2. The summed E-state index contributed by atoms with van der Waals surface area (Å²) in [6, 6.07) is 3.18. The molecule has 0 saturated carbocycles. The Morgan fingerprint density at radius 2 is 2.00 bits per heavy atom. The molecule has 0 bridgehead atoms. The Hall–Kier alpha value is -2.70. The van der Waals surface area contributed by atoms with Crippen molar-refractivity contribution in [3.63, 3.8) is 0 Å². The molecule has 0 aromatic carbocycles. The van der Waals surface area contributed by atoms with Crippen LogP contribution in [0.15, 0.2) is 16.9 Å². The van der Waals surface area contributed by atoms with E-state index >= 15 is 0 Å². The number of ether oxygens (including phenoxy) is 1. The Balaban J connectivity index is 2.66. The third-order valence-corrected chi connectivity index (χ3v) is 2.60. The number of rotatable bonds is 2. The zero-order chi connectivity index (χ0) is 14.9. The predicted molar refractivity (Wildman–Crippen MR) is 72.7 cm³/mol. The number of anilines is 1. The molecular formula is C13H13N3O4. The summed E-state index contributed by atoms with van der Waals surface area (Å²) in [5.74, 6) is -0.311. The minimum absolute atomic E-state index is 0.179. The number of nitrogens with zero attached hydrogens (tertiary/aromatic N) is 1. The van der Waals surface area contributed by atoms with Crippen molar-refractivity contribution in [2.45, 2.75) is 20.8 Å². The smallest absolute Gasteiger partial charge is 0.308 e. The second-order valence-electron chi connectivity index (χ2n) is 4.28. The summed E-state index contributed by atoms with van der Waals surface area (Å²) in [6.07, 6.45) is 0. The molecule has 0 saturated heterocycles. The molecular weight excluding hydrogens is 262 g/mol. The molecule has 7 nitrogen and oxygen atoms in total. The number of carbonyl (C=O) groups excluding carboxylic acids is 2. The first-order valence-corrected chi connectivity index (χ1v) is 5.88. The molecule has 7 heteroatoms. The molecule has 2 aromatic heterocycles. The van der Waals surface area contributed by atoms with Gasteiger partial charge in [-0.15, -0.1) is 0 Å². The van der Waals surface area contributed by atoms with Crippen LogP contribution in [0.25, 0.3) is 11.0 Å². The molecule has 2 aromatic rings. The second kappa shape index (κ2) is 5.12.